The average Bonchev–Trinajstić information content (AvgIpc) is 2.91. The Balaban J connectivity index is 2.02. The normalized spacial score (nSPS) is 20.2. The summed E-state index contributed by atoms with van der Waals surface area (Å²) in [7, 11) is 0. The molecule has 0 amide bonds. The van der Waals surface area contributed by atoms with Crippen LogP contribution in [0.15, 0.2) is 12.4 Å². The van der Waals surface area contributed by atoms with Crippen LogP contribution < -0.4 is 0 Å². The van der Waals surface area contributed by atoms with Gasteiger partial charge in [-0.3, -0.25) is 0 Å². The van der Waals surface area contributed by atoms with E-state index in [1.807, 2.05) is 6.07 Å². The molecule has 1 aliphatic heterocycles. The Bertz CT molecular complexity index is 546. The van der Waals surface area contributed by atoms with E-state index in [1.165, 1.54) is 6.33 Å². The number of aryl methyl sites for hydroxylation is 1. The van der Waals surface area contributed by atoms with E-state index in [9.17, 15) is 0 Å². The molecular formula is C12H14ClN3O. The van der Waals surface area contributed by atoms with Crippen LogP contribution in [0.25, 0.3) is 11.0 Å². The quantitative estimate of drug-likeness (QED) is 0.771. The van der Waals surface area contributed by atoms with Crippen LogP contribution in [-0.2, 0) is 11.3 Å². The first-order valence-corrected chi connectivity index (χ1v) is 6.21. The molecule has 0 aromatic carbocycles. The molecule has 0 unspecified atom stereocenters. The van der Waals surface area contributed by atoms with Crippen molar-refractivity contribution in [2.24, 2.45) is 0 Å². The molecule has 1 fully saturated rings. The van der Waals surface area contributed by atoms with Gasteiger partial charge in [-0.1, -0.05) is 11.6 Å². The van der Waals surface area contributed by atoms with E-state index < -0.39 is 0 Å². The molecule has 0 aliphatic carbocycles. The number of ether oxygens (including phenoxy) is 1. The summed E-state index contributed by atoms with van der Waals surface area (Å²) in [5.74, 6) is 0. The lowest BCUT2D eigenvalue weighted by atomic mass is 10.2. The summed E-state index contributed by atoms with van der Waals surface area (Å²) in [5, 5.41) is 1.44. The molecule has 5 heteroatoms. The van der Waals surface area contributed by atoms with Crippen LogP contribution in [0, 0.1) is 6.92 Å². The Hall–Kier alpha value is -1.13. The van der Waals surface area contributed by atoms with E-state index in [2.05, 4.69) is 21.5 Å². The second-order valence-electron chi connectivity index (χ2n) is 4.43. The highest BCUT2D eigenvalue weighted by molar-refractivity contribution is 6.33. The van der Waals surface area contributed by atoms with Gasteiger partial charge in [-0.15, -0.1) is 0 Å². The number of rotatable bonds is 2. The van der Waals surface area contributed by atoms with Gasteiger partial charge in [0.2, 0.25) is 0 Å². The van der Waals surface area contributed by atoms with Crippen molar-refractivity contribution in [3.8, 4) is 0 Å². The second-order valence-corrected chi connectivity index (χ2v) is 4.79. The lowest BCUT2D eigenvalue weighted by Gasteiger charge is -2.13. The fraction of sp³-hybridized carbons (Fsp3) is 0.500. The van der Waals surface area contributed by atoms with Gasteiger partial charge in [-0.05, 0) is 25.8 Å². The van der Waals surface area contributed by atoms with Crippen LogP contribution in [0.3, 0.4) is 0 Å². The van der Waals surface area contributed by atoms with Gasteiger partial charge in [-0.2, -0.15) is 0 Å². The number of hydrogen-bond acceptors (Lipinski definition) is 3. The van der Waals surface area contributed by atoms with Gasteiger partial charge in [-0.25, -0.2) is 9.97 Å². The second kappa shape index (κ2) is 4.27. The summed E-state index contributed by atoms with van der Waals surface area (Å²) in [5.41, 5.74) is 2.05. The first-order valence-electron chi connectivity index (χ1n) is 5.83. The predicted octanol–water partition coefficient (Wildman–Crippen LogP) is 2.57. The zero-order valence-electron chi connectivity index (χ0n) is 9.69. The number of aromatic nitrogens is 3. The molecule has 0 N–H and O–H groups in total. The Labute approximate surface area is 105 Å². The first-order chi connectivity index (χ1) is 8.25. The largest absolute Gasteiger partial charge is 0.376 e. The van der Waals surface area contributed by atoms with Crippen LogP contribution in [-0.4, -0.2) is 27.2 Å². The summed E-state index contributed by atoms with van der Waals surface area (Å²) in [6.45, 7) is 3.79. The minimum atomic E-state index is 0.304. The topological polar surface area (TPSA) is 39.9 Å². The molecular weight excluding hydrogens is 238 g/mol. The maximum absolute atomic E-state index is 6.06. The molecule has 0 spiro atoms. The highest BCUT2D eigenvalue weighted by Crippen LogP contribution is 2.25. The van der Waals surface area contributed by atoms with Crippen LogP contribution >= 0.6 is 11.6 Å². The van der Waals surface area contributed by atoms with Crippen molar-refractivity contribution < 1.29 is 4.74 Å². The Morgan fingerprint density at radius 3 is 3.18 bits per heavy atom. The van der Waals surface area contributed by atoms with E-state index in [4.69, 9.17) is 16.3 Å². The minimum absolute atomic E-state index is 0.304. The first kappa shape index (κ1) is 11.0. The maximum atomic E-state index is 6.06. The molecule has 1 aliphatic rings. The van der Waals surface area contributed by atoms with E-state index in [0.29, 0.717) is 11.3 Å². The molecule has 0 radical (unpaired) electrons. The Morgan fingerprint density at radius 2 is 2.41 bits per heavy atom. The van der Waals surface area contributed by atoms with E-state index in [-0.39, 0.29) is 0 Å². The molecule has 0 saturated carbocycles. The van der Waals surface area contributed by atoms with Gasteiger partial charge < -0.3 is 9.30 Å². The van der Waals surface area contributed by atoms with Crippen molar-refractivity contribution in [2.75, 3.05) is 6.61 Å². The van der Waals surface area contributed by atoms with Crippen molar-refractivity contribution >= 4 is 22.6 Å². The highest BCUT2D eigenvalue weighted by atomic mass is 35.5. The third kappa shape index (κ3) is 1.91. The van der Waals surface area contributed by atoms with E-state index in [1.54, 1.807) is 0 Å². The third-order valence-corrected chi connectivity index (χ3v) is 3.56. The fourth-order valence-corrected chi connectivity index (χ4v) is 2.56. The summed E-state index contributed by atoms with van der Waals surface area (Å²) in [6, 6.07) is 2.03. The zero-order chi connectivity index (χ0) is 11.8. The van der Waals surface area contributed by atoms with Crippen molar-refractivity contribution in [3.05, 3.63) is 23.2 Å². The molecule has 3 heterocycles. The Kier molecular flexibility index (Phi) is 2.76. The van der Waals surface area contributed by atoms with Gasteiger partial charge in [0.05, 0.1) is 18.0 Å². The smallest absolute Gasteiger partial charge is 0.145 e. The molecule has 3 rings (SSSR count). The van der Waals surface area contributed by atoms with Gasteiger partial charge in [0.1, 0.15) is 17.1 Å². The zero-order valence-corrected chi connectivity index (χ0v) is 10.4. The molecule has 1 saturated heterocycles. The predicted molar refractivity (Wildman–Crippen MR) is 66.2 cm³/mol. The van der Waals surface area contributed by atoms with Crippen molar-refractivity contribution in [3.63, 3.8) is 0 Å². The average molecular weight is 252 g/mol. The van der Waals surface area contributed by atoms with Gasteiger partial charge >= 0.3 is 0 Å². The molecule has 1 atom stereocenters. The SMILES string of the molecule is Cc1cc2c(Cl)ncnc2n1C[C@@H]1CCCO1. The van der Waals surface area contributed by atoms with Crippen LogP contribution in [0.1, 0.15) is 18.5 Å². The summed E-state index contributed by atoms with van der Waals surface area (Å²) in [4.78, 5) is 8.32. The lowest BCUT2D eigenvalue weighted by Crippen LogP contribution is -2.16. The number of hydrogen-bond donors (Lipinski definition) is 0. The highest BCUT2D eigenvalue weighted by Gasteiger charge is 2.19. The van der Waals surface area contributed by atoms with Crippen LogP contribution in [0.2, 0.25) is 5.15 Å². The molecule has 2 aromatic heterocycles. The van der Waals surface area contributed by atoms with Crippen LogP contribution in [0.4, 0.5) is 0 Å². The molecule has 17 heavy (non-hydrogen) atoms. The fourth-order valence-electron chi connectivity index (χ4n) is 2.38. The standard InChI is InChI=1S/C12H14ClN3O/c1-8-5-10-11(13)14-7-15-12(10)16(8)6-9-3-2-4-17-9/h5,7,9H,2-4,6H2,1H3/t9-/m0/s1. The minimum Gasteiger partial charge on any atom is -0.376 e. The number of nitrogens with zero attached hydrogens (tertiary/aromatic N) is 3. The van der Waals surface area contributed by atoms with Crippen molar-refractivity contribution in [1.82, 2.24) is 14.5 Å². The lowest BCUT2D eigenvalue weighted by molar-refractivity contribution is 0.0975. The van der Waals surface area contributed by atoms with Crippen molar-refractivity contribution in [2.45, 2.75) is 32.4 Å². The molecule has 4 nitrogen and oxygen atoms in total. The van der Waals surface area contributed by atoms with Crippen LogP contribution in [0.5, 0.6) is 0 Å². The molecule has 2 aromatic rings. The van der Waals surface area contributed by atoms with Gasteiger partial charge in [0.25, 0.3) is 0 Å². The Morgan fingerprint density at radius 1 is 1.53 bits per heavy atom. The third-order valence-electron chi connectivity index (χ3n) is 3.26. The van der Waals surface area contributed by atoms with Gasteiger partial charge in [0, 0.05) is 12.3 Å². The summed E-state index contributed by atoms with van der Waals surface area (Å²) >= 11 is 6.06. The van der Waals surface area contributed by atoms with E-state index in [0.717, 1.165) is 42.7 Å². The van der Waals surface area contributed by atoms with Gasteiger partial charge in [0.15, 0.2) is 0 Å². The summed E-state index contributed by atoms with van der Waals surface area (Å²) in [6.07, 6.45) is 4.09. The summed E-state index contributed by atoms with van der Waals surface area (Å²) < 4.78 is 7.83. The molecule has 90 valence electrons. The monoisotopic (exact) mass is 251 g/mol. The maximum Gasteiger partial charge on any atom is 0.145 e. The number of fused-ring (bicyclic) bond motifs is 1. The van der Waals surface area contributed by atoms with E-state index >= 15 is 0 Å². The van der Waals surface area contributed by atoms with Crippen molar-refractivity contribution in [1.29, 1.82) is 0 Å². The molecule has 0 bridgehead atoms. The number of halogens is 1.